The lowest BCUT2D eigenvalue weighted by Gasteiger charge is -2.15. The van der Waals surface area contributed by atoms with Crippen molar-refractivity contribution in [1.82, 2.24) is 0 Å². The van der Waals surface area contributed by atoms with Crippen molar-refractivity contribution in [3.05, 3.63) is 70.8 Å². The average Bonchev–Trinajstić information content (AvgIpc) is 2.55. The van der Waals surface area contributed by atoms with Crippen molar-refractivity contribution in [3.8, 4) is 5.75 Å². The molecule has 25 heavy (non-hydrogen) atoms. The van der Waals surface area contributed by atoms with Crippen LogP contribution in [0.15, 0.2) is 49.1 Å². The molecule has 0 aromatic heterocycles. The minimum atomic E-state index is -4.64. The van der Waals surface area contributed by atoms with Crippen LogP contribution in [0, 0.1) is 0 Å². The highest BCUT2D eigenvalue weighted by molar-refractivity contribution is 6.30. The summed E-state index contributed by atoms with van der Waals surface area (Å²) in [6.07, 6.45) is -2.54. The number of halogens is 4. The molecule has 3 nitrogen and oxygen atoms in total. The number of ether oxygens (including phenoxy) is 1. The van der Waals surface area contributed by atoms with Gasteiger partial charge in [-0.2, -0.15) is 13.2 Å². The van der Waals surface area contributed by atoms with Crippen molar-refractivity contribution in [3.63, 3.8) is 0 Å². The van der Waals surface area contributed by atoms with Gasteiger partial charge in [0.15, 0.2) is 0 Å². The Morgan fingerprint density at radius 3 is 2.60 bits per heavy atom. The lowest BCUT2D eigenvalue weighted by molar-refractivity contribution is -0.136. The first-order chi connectivity index (χ1) is 11.8. The Labute approximate surface area is 148 Å². The quantitative estimate of drug-likeness (QED) is 0.722. The Kier molecular flexibility index (Phi) is 5.74. The standard InChI is InChI=1S/C18H15ClF3NO2/c1-3-4-11-9-12(5-8-16(11)25-2)17(24)23-15-7-6-13(19)10-14(15)18(20,21)22/h3,5-10H,1,4H2,2H3,(H,23,24). The van der Waals surface area contributed by atoms with Crippen molar-refractivity contribution in [2.45, 2.75) is 12.6 Å². The Balaban J connectivity index is 2.35. The summed E-state index contributed by atoms with van der Waals surface area (Å²) < 4.78 is 44.5. The largest absolute Gasteiger partial charge is 0.496 e. The summed E-state index contributed by atoms with van der Waals surface area (Å²) in [5.74, 6) is -0.0975. The first kappa shape index (κ1) is 18.9. The molecular formula is C18H15ClF3NO2. The van der Waals surface area contributed by atoms with E-state index in [-0.39, 0.29) is 16.3 Å². The van der Waals surface area contributed by atoms with E-state index >= 15 is 0 Å². The first-order valence-corrected chi connectivity index (χ1v) is 7.60. The number of amides is 1. The molecule has 0 aliphatic heterocycles. The van der Waals surface area contributed by atoms with Gasteiger partial charge < -0.3 is 10.1 Å². The van der Waals surface area contributed by atoms with E-state index in [4.69, 9.17) is 16.3 Å². The van der Waals surface area contributed by atoms with Gasteiger partial charge in [0, 0.05) is 10.6 Å². The fourth-order valence-electron chi connectivity index (χ4n) is 2.29. The predicted octanol–water partition coefficient (Wildman–Crippen LogP) is 5.35. The molecule has 132 valence electrons. The molecule has 0 unspecified atom stereocenters. The number of allylic oxidation sites excluding steroid dienone is 1. The molecule has 0 spiro atoms. The van der Waals surface area contributed by atoms with E-state index in [2.05, 4.69) is 11.9 Å². The number of carbonyl (C=O) groups excluding carboxylic acids is 1. The molecule has 0 heterocycles. The number of rotatable bonds is 5. The van der Waals surface area contributed by atoms with Gasteiger partial charge in [-0.25, -0.2) is 0 Å². The topological polar surface area (TPSA) is 38.3 Å². The predicted molar refractivity (Wildman–Crippen MR) is 91.3 cm³/mol. The maximum Gasteiger partial charge on any atom is 0.418 e. The summed E-state index contributed by atoms with van der Waals surface area (Å²) >= 11 is 5.63. The van der Waals surface area contributed by atoms with E-state index in [0.29, 0.717) is 17.7 Å². The lowest BCUT2D eigenvalue weighted by atomic mass is 10.1. The van der Waals surface area contributed by atoms with Crippen LogP contribution in [0.5, 0.6) is 5.75 Å². The minimum Gasteiger partial charge on any atom is -0.496 e. The van der Waals surface area contributed by atoms with E-state index in [0.717, 1.165) is 12.1 Å². The summed E-state index contributed by atoms with van der Waals surface area (Å²) in [5, 5.41) is 2.22. The van der Waals surface area contributed by atoms with Gasteiger partial charge in [-0.15, -0.1) is 6.58 Å². The molecule has 0 radical (unpaired) electrons. The average molecular weight is 370 g/mol. The third kappa shape index (κ3) is 4.54. The van der Waals surface area contributed by atoms with E-state index in [1.54, 1.807) is 18.2 Å². The smallest absolute Gasteiger partial charge is 0.418 e. The molecule has 0 saturated heterocycles. The molecule has 2 aromatic carbocycles. The summed E-state index contributed by atoms with van der Waals surface area (Å²) in [4.78, 5) is 12.4. The van der Waals surface area contributed by atoms with Crippen LogP contribution in [-0.2, 0) is 12.6 Å². The molecule has 0 aliphatic rings. The maximum absolute atomic E-state index is 13.1. The van der Waals surface area contributed by atoms with Gasteiger partial charge in [0.1, 0.15) is 5.75 Å². The van der Waals surface area contributed by atoms with Gasteiger partial charge in [-0.05, 0) is 48.4 Å². The molecule has 0 aliphatic carbocycles. The fraction of sp³-hybridized carbons (Fsp3) is 0.167. The van der Waals surface area contributed by atoms with Gasteiger partial charge in [0.2, 0.25) is 0 Å². The molecule has 7 heteroatoms. The number of anilines is 1. The third-order valence-corrected chi connectivity index (χ3v) is 3.68. The van der Waals surface area contributed by atoms with Crippen LogP contribution in [0.2, 0.25) is 5.02 Å². The fourth-order valence-corrected chi connectivity index (χ4v) is 2.46. The third-order valence-electron chi connectivity index (χ3n) is 3.44. The highest BCUT2D eigenvalue weighted by Gasteiger charge is 2.34. The molecule has 0 bridgehead atoms. The zero-order chi connectivity index (χ0) is 18.6. The van der Waals surface area contributed by atoms with E-state index in [1.807, 2.05) is 0 Å². The molecule has 2 aromatic rings. The second-order valence-electron chi connectivity index (χ2n) is 5.16. The summed E-state index contributed by atoms with van der Waals surface area (Å²) in [6, 6.07) is 7.79. The number of hydrogen-bond acceptors (Lipinski definition) is 2. The summed E-state index contributed by atoms with van der Waals surface area (Å²) in [6.45, 7) is 3.63. The number of hydrogen-bond donors (Lipinski definition) is 1. The van der Waals surface area contributed by atoms with Crippen molar-refractivity contribution >= 4 is 23.2 Å². The van der Waals surface area contributed by atoms with Crippen LogP contribution < -0.4 is 10.1 Å². The lowest BCUT2D eigenvalue weighted by Crippen LogP contribution is -2.17. The monoisotopic (exact) mass is 369 g/mol. The minimum absolute atomic E-state index is 0.0666. The molecule has 1 amide bonds. The Morgan fingerprint density at radius 2 is 2.00 bits per heavy atom. The van der Waals surface area contributed by atoms with Crippen LogP contribution in [0.1, 0.15) is 21.5 Å². The zero-order valence-electron chi connectivity index (χ0n) is 13.3. The molecule has 0 saturated carbocycles. The van der Waals surface area contributed by atoms with Crippen molar-refractivity contribution in [1.29, 1.82) is 0 Å². The molecular weight excluding hydrogens is 355 g/mol. The Morgan fingerprint density at radius 1 is 1.28 bits per heavy atom. The van der Waals surface area contributed by atoms with Crippen LogP contribution >= 0.6 is 11.6 Å². The number of alkyl halides is 3. The van der Waals surface area contributed by atoms with E-state index < -0.39 is 17.6 Å². The number of carbonyl (C=O) groups is 1. The summed E-state index contributed by atoms with van der Waals surface area (Å²) in [5.41, 5.74) is -0.450. The van der Waals surface area contributed by atoms with E-state index in [9.17, 15) is 18.0 Å². The number of benzene rings is 2. The van der Waals surface area contributed by atoms with Crippen LogP contribution in [-0.4, -0.2) is 13.0 Å². The zero-order valence-corrected chi connectivity index (χ0v) is 14.0. The van der Waals surface area contributed by atoms with Gasteiger partial charge in [-0.3, -0.25) is 4.79 Å². The molecule has 0 atom stereocenters. The highest BCUT2D eigenvalue weighted by atomic mass is 35.5. The SMILES string of the molecule is C=CCc1cc(C(=O)Nc2ccc(Cl)cc2C(F)(F)F)ccc1OC. The van der Waals surface area contributed by atoms with E-state index in [1.165, 1.54) is 19.2 Å². The maximum atomic E-state index is 13.1. The number of nitrogens with one attached hydrogen (secondary N) is 1. The molecule has 1 N–H and O–H groups in total. The molecule has 2 rings (SSSR count). The van der Waals surface area contributed by atoms with Crippen LogP contribution in [0.4, 0.5) is 18.9 Å². The Bertz CT molecular complexity index is 803. The van der Waals surface area contributed by atoms with Gasteiger partial charge >= 0.3 is 6.18 Å². The van der Waals surface area contributed by atoms with Crippen molar-refractivity contribution < 1.29 is 22.7 Å². The number of methoxy groups -OCH3 is 1. The highest BCUT2D eigenvalue weighted by Crippen LogP contribution is 2.36. The Hall–Kier alpha value is -2.47. The first-order valence-electron chi connectivity index (χ1n) is 7.22. The van der Waals surface area contributed by atoms with Gasteiger partial charge in [-0.1, -0.05) is 17.7 Å². The second-order valence-corrected chi connectivity index (χ2v) is 5.60. The van der Waals surface area contributed by atoms with Crippen LogP contribution in [0.3, 0.4) is 0 Å². The molecule has 0 fully saturated rings. The van der Waals surface area contributed by atoms with Gasteiger partial charge in [0.25, 0.3) is 5.91 Å². The van der Waals surface area contributed by atoms with Crippen molar-refractivity contribution in [2.75, 3.05) is 12.4 Å². The van der Waals surface area contributed by atoms with Crippen LogP contribution in [0.25, 0.3) is 0 Å². The summed E-state index contributed by atoms with van der Waals surface area (Å²) in [7, 11) is 1.49. The second kappa shape index (κ2) is 7.61. The van der Waals surface area contributed by atoms with Gasteiger partial charge in [0.05, 0.1) is 18.4 Å². The normalized spacial score (nSPS) is 11.1. The van der Waals surface area contributed by atoms with Crippen molar-refractivity contribution in [2.24, 2.45) is 0 Å².